The highest BCUT2D eigenvalue weighted by Crippen LogP contribution is 2.27. The van der Waals surface area contributed by atoms with E-state index in [9.17, 15) is 4.39 Å². The van der Waals surface area contributed by atoms with Crippen LogP contribution in [0.5, 0.6) is 0 Å². The Morgan fingerprint density at radius 1 is 1.14 bits per heavy atom. The van der Waals surface area contributed by atoms with Gasteiger partial charge in [0.2, 0.25) is 0 Å². The Bertz CT molecular complexity index is 866. The van der Waals surface area contributed by atoms with Gasteiger partial charge < -0.3 is 9.80 Å². The van der Waals surface area contributed by atoms with Crippen molar-refractivity contribution < 1.29 is 4.39 Å². The Morgan fingerprint density at radius 3 is 2.64 bits per heavy atom. The molecule has 1 aromatic heterocycles. The van der Waals surface area contributed by atoms with Crippen LogP contribution in [0, 0.1) is 11.7 Å². The second kappa shape index (κ2) is 8.13. The van der Waals surface area contributed by atoms with Crippen LogP contribution in [0.2, 0.25) is 0 Å². The number of hydrogen-bond acceptors (Lipinski definition) is 4. The van der Waals surface area contributed by atoms with Gasteiger partial charge in [-0.05, 0) is 74.9 Å². The monoisotopic (exact) mass is 378 g/mol. The normalized spacial score (nSPS) is 20.4. The van der Waals surface area contributed by atoms with Crippen molar-refractivity contribution in [2.24, 2.45) is 10.9 Å². The summed E-state index contributed by atoms with van der Waals surface area (Å²) in [5, 5.41) is 0. The van der Waals surface area contributed by atoms with E-state index in [-0.39, 0.29) is 12.0 Å². The minimum Gasteiger partial charge on any atom is -0.357 e. The number of benzene rings is 1. The van der Waals surface area contributed by atoms with Crippen LogP contribution in [-0.4, -0.2) is 30.0 Å². The molecule has 3 heterocycles. The Morgan fingerprint density at radius 2 is 1.96 bits per heavy atom. The number of piperidine rings is 1. The molecular formula is C23H27FN4. The number of nitrogens with zero attached hydrogens (tertiary/aromatic N) is 4. The van der Waals surface area contributed by atoms with E-state index in [0.717, 1.165) is 55.1 Å². The summed E-state index contributed by atoms with van der Waals surface area (Å²) in [4.78, 5) is 13.8. The minimum atomic E-state index is -0.141. The van der Waals surface area contributed by atoms with Gasteiger partial charge in [-0.3, -0.25) is 4.99 Å². The lowest BCUT2D eigenvalue weighted by atomic mass is 9.90. The number of hydrogen-bond donors (Lipinski definition) is 0. The predicted octanol–water partition coefficient (Wildman–Crippen LogP) is 4.82. The smallest absolute Gasteiger partial charge is 0.128 e. The number of allylic oxidation sites excluding steroid dienone is 1. The first-order valence-electron chi connectivity index (χ1n) is 10.0. The molecule has 1 atom stereocenters. The third-order valence-corrected chi connectivity index (χ3v) is 5.65. The van der Waals surface area contributed by atoms with Crippen molar-refractivity contribution in [1.82, 2.24) is 4.98 Å². The van der Waals surface area contributed by atoms with Crippen molar-refractivity contribution in [3.8, 4) is 0 Å². The molecule has 0 aliphatic carbocycles. The van der Waals surface area contributed by atoms with E-state index in [1.165, 1.54) is 6.07 Å². The molecule has 0 saturated carbocycles. The fourth-order valence-corrected chi connectivity index (χ4v) is 4.10. The lowest BCUT2D eigenvalue weighted by molar-refractivity contribution is 0.401. The molecule has 1 aromatic carbocycles. The standard InChI is InChI=1S/C23H27FN4/c1-17-8-13-28(18(2)26-17)22-6-7-23(25-16-22)27-11-9-19(10-12-27)14-20-4-3-5-21(24)15-20/h3-8,13,15-16,18-19H,9-12,14H2,1-2H3. The van der Waals surface area contributed by atoms with Gasteiger partial charge in [-0.15, -0.1) is 0 Å². The maximum atomic E-state index is 13.4. The van der Waals surface area contributed by atoms with Gasteiger partial charge >= 0.3 is 0 Å². The van der Waals surface area contributed by atoms with Gasteiger partial charge in [-0.1, -0.05) is 12.1 Å². The van der Waals surface area contributed by atoms with Crippen molar-refractivity contribution in [2.45, 2.75) is 39.3 Å². The predicted molar refractivity (Wildman–Crippen MR) is 113 cm³/mol. The quantitative estimate of drug-likeness (QED) is 0.764. The van der Waals surface area contributed by atoms with E-state index < -0.39 is 0 Å². The van der Waals surface area contributed by atoms with Gasteiger partial charge in [-0.2, -0.15) is 0 Å². The first-order valence-corrected chi connectivity index (χ1v) is 10.0. The second-order valence-electron chi connectivity index (χ2n) is 7.76. The zero-order chi connectivity index (χ0) is 19.5. The first-order chi connectivity index (χ1) is 13.6. The lowest BCUT2D eigenvalue weighted by Gasteiger charge is -2.33. The molecule has 0 N–H and O–H groups in total. The summed E-state index contributed by atoms with van der Waals surface area (Å²) in [6.07, 6.45) is 9.30. The minimum absolute atomic E-state index is 0.0937. The highest BCUT2D eigenvalue weighted by atomic mass is 19.1. The SMILES string of the molecule is CC1=NC(C)N(c2ccc(N3CCC(Cc4cccc(F)c4)CC3)nc2)C=C1. The van der Waals surface area contributed by atoms with E-state index in [4.69, 9.17) is 4.98 Å². The van der Waals surface area contributed by atoms with Crippen LogP contribution in [-0.2, 0) is 6.42 Å². The average Bonchev–Trinajstić information content (AvgIpc) is 2.69. The molecular weight excluding hydrogens is 351 g/mol. The third-order valence-electron chi connectivity index (χ3n) is 5.65. The molecule has 5 heteroatoms. The molecule has 4 rings (SSSR count). The van der Waals surface area contributed by atoms with E-state index in [0.29, 0.717) is 5.92 Å². The lowest BCUT2D eigenvalue weighted by Crippen LogP contribution is -2.35. The summed E-state index contributed by atoms with van der Waals surface area (Å²) >= 11 is 0. The molecule has 4 nitrogen and oxygen atoms in total. The van der Waals surface area contributed by atoms with Gasteiger partial charge in [0.25, 0.3) is 0 Å². The van der Waals surface area contributed by atoms with Crippen LogP contribution >= 0.6 is 0 Å². The summed E-state index contributed by atoms with van der Waals surface area (Å²) in [6.45, 7) is 6.10. The van der Waals surface area contributed by atoms with Gasteiger partial charge in [0.15, 0.2) is 0 Å². The van der Waals surface area contributed by atoms with Crippen LogP contribution in [0.1, 0.15) is 32.3 Å². The summed E-state index contributed by atoms with van der Waals surface area (Å²) < 4.78 is 13.4. The highest BCUT2D eigenvalue weighted by Gasteiger charge is 2.21. The maximum absolute atomic E-state index is 13.4. The van der Waals surface area contributed by atoms with Crippen LogP contribution < -0.4 is 9.80 Å². The van der Waals surface area contributed by atoms with Crippen LogP contribution in [0.4, 0.5) is 15.9 Å². The second-order valence-corrected chi connectivity index (χ2v) is 7.76. The van der Waals surface area contributed by atoms with Gasteiger partial charge in [-0.25, -0.2) is 9.37 Å². The molecule has 0 bridgehead atoms. The number of aromatic nitrogens is 1. The number of halogens is 1. The fourth-order valence-electron chi connectivity index (χ4n) is 4.10. The number of aliphatic imine (C=N–C) groups is 1. The molecule has 2 aromatic rings. The van der Waals surface area contributed by atoms with Crippen molar-refractivity contribution in [3.05, 3.63) is 66.3 Å². The van der Waals surface area contributed by atoms with Crippen LogP contribution in [0.25, 0.3) is 0 Å². The molecule has 0 spiro atoms. The number of rotatable bonds is 4. The van der Waals surface area contributed by atoms with Crippen molar-refractivity contribution >= 4 is 17.2 Å². The van der Waals surface area contributed by atoms with Gasteiger partial charge in [0.05, 0.1) is 11.9 Å². The molecule has 2 aliphatic heterocycles. The summed E-state index contributed by atoms with van der Waals surface area (Å²) in [7, 11) is 0. The molecule has 0 amide bonds. The Hall–Kier alpha value is -2.69. The van der Waals surface area contributed by atoms with E-state index in [1.807, 2.05) is 25.3 Å². The molecule has 2 aliphatic rings. The van der Waals surface area contributed by atoms with Gasteiger partial charge in [0, 0.05) is 25.0 Å². The topological polar surface area (TPSA) is 31.7 Å². The summed E-state index contributed by atoms with van der Waals surface area (Å²) in [5.41, 5.74) is 3.21. The largest absolute Gasteiger partial charge is 0.357 e. The molecule has 1 saturated heterocycles. The van der Waals surface area contributed by atoms with E-state index in [1.54, 1.807) is 12.1 Å². The zero-order valence-electron chi connectivity index (χ0n) is 16.6. The molecule has 1 fully saturated rings. The number of pyridine rings is 1. The highest BCUT2D eigenvalue weighted by molar-refractivity contribution is 5.94. The molecule has 146 valence electrons. The molecule has 28 heavy (non-hydrogen) atoms. The van der Waals surface area contributed by atoms with Crippen molar-refractivity contribution in [1.29, 1.82) is 0 Å². The first kappa shape index (κ1) is 18.7. The average molecular weight is 378 g/mol. The molecule has 0 radical (unpaired) electrons. The summed E-state index contributed by atoms with van der Waals surface area (Å²) in [6, 6.07) is 11.2. The van der Waals surface area contributed by atoms with Crippen molar-refractivity contribution in [2.75, 3.05) is 22.9 Å². The van der Waals surface area contributed by atoms with Crippen LogP contribution in [0.3, 0.4) is 0 Å². The number of anilines is 2. The van der Waals surface area contributed by atoms with Crippen molar-refractivity contribution in [3.63, 3.8) is 0 Å². The zero-order valence-corrected chi connectivity index (χ0v) is 16.6. The van der Waals surface area contributed by atoms with Crippen LogP contribution in [0.15, 0.2) is 59.9 Å². The maximum Gasteiger partial charge on any atom is 0.128 e. The Kier molecular flexibility index (Phi) is 5.42. The Balaban J connectivity index is 1.34. The Labute approximate surface area is 166 Å². The molecule has 1 unspecified atom stereocenters. The summed E-state index contributed by atoms with van der Waals surface area (Å²) in [5.74, 6) is 1.50. The fraction of sp³-hybridized carbons (Fsp3) is 0.391. The van der Waals surface area contributed by atoms with E-state index >= 15 is 0 Å². The van der Waals surface area contributed by atoms with E-state index in [2.05, 4.69) is 40.0 Å². The van der Waals surface area contributed by atoms with Gasteiger partial charge in [0.1, 0.15) is 17.8 Å². The third kappa shape index (κ3) is 4.24.